The van der Waals surface area contributed by atoms with Crippen molar-refractivity contribution in [1.82, 2.24) is 15.1 Å². The Balaban J connectivity index is 2.53. The van der Waals surface area contributed by atoms with Crippen molar-refractivity contribution in [2.75, 3.05) is 18.6 Å². The summed E-state index contributed by atoms with van der Waals surface area (Å²) in [6.07, 6.45) is 2.54. The molecule has 0 fully saturated rings. The first-order valence-corrected chi connectivity index (χ1v) is 7.37. The Labute approximate surface area is 104 Å². The SMILES string of the molecule is CCc1nn(C)c(CNCCS(C)=O)c1Cl. The molecule has 1 rings (SSSR count). The Morgan fingerprint density at radius 3 is 2.75 bits per heavy atom. The standard InChI is InChI=1S/C10H18ClN3OS/c1-4-8-10(11)9(14(2)13-8)7-12-5-6-16(3)15/h12H,4-7H2,1-3H3. The molecular formula is C10H18ClN3OS. The van der Waals surface area contributed by atoms with Gasteiger partial charge in [0.2, 0.25) is 0 Å². The van der Waals surface area contributed by atoms with Crippen molar-refractivity contribution in [1.29, 1.82) is 0 Å². The normalized spacial score (nSPS) is 13.0. The zero-order chi connectivity index (χ0) is 12.1. The van der Waals surface area contributed by atoms with Crippen LogP contribution in [0.1, 0.15) is 18.3 Å². The molecular weight excluding hydrogens is 246 g/mol. The molecule has 0 amide bonds. The van der Waals surface area contributed by atoms with Crippen LogP contribution in [0, 0.1) is 0 Å². The van der Waals surface area contributed by atoms with Crippen LogP contribution >= 0.6 is 11.6 Å². The molecule has 1 aromatic heterocycles. The van der Waals surface area contributed by atoms with E-state index in [0.717, 1.165) is 29.4 Å². The summed E-state index contributed by atoms with van der Waals surface area (Å²) < 4.78 is 12.7. The van der Waals surface area contributed by atoms with E-state index in [-0.39, 0.29) is 0 Å². The Kier molecular flexibility index (Phi) is 5.44. The molecule has 1 atom stereocenters. The van der Waals surface area contributed by atoms with E-state index >= 15 is 0 Å². The highest BCUT2D eigenvalue weighted by molar-refractivity contribution is 7.84. The molecule has 0 saturated heterocycles. The Morgan fingerprint density at radius 2 is 2.25 bits per heavy atom. The van der Waals surface area contributed by atoms with Gasteiger partial charge in [-0.3, -0.25) is 8.89 Å². The highest BCUT2D eigenvalue weighted by Crippen LogP contribution is 2.20. The highest BCUT2D eigenvalue weighted by Gasteiger charge is 2.11. The van der Waals surface area contributed by atoms with Gasteiger partial charge >= 0.3 is 0 Å². The topological polar surface area (TPSA) is 46.9 Å². The lowest BCUT2D eigenvalue weighted by Gasteiger charge is -2.04. The van der Waals surface area contributed by atoms with Gasteiger partial charge in [-0.1, -0.05) is 18.5 Å². The summed E-state index contributed by atoms with van der Waals surface area (Å²) in [6.45, 7) is 3.43. The van der Waals surface area contributed by atoms with Gasteiger partial charge in [-0.2, -0.15) is 5.10 Å². The number of nitrogens with zero attached hydrogens (tertiary/aromatic N) is 2. The predicted octanol–water partition coefficient (Wildman–Crippen LogP) is 1.10. The zero-order valence-electron chi connectivity index (χ0n) is 9.92. The summed E-state index contributed by atoms with van der Waals surface area (Å²) in [5.41, 5.74) is 1.92. The Bertz CT molecular complexity index is 378. The van der Waals surface area contributed by atoms with Crippen LogP contribution in [0.2, 0.25) is 5.02 Å². The molecule has 1 aromatic rings. The van der Waals surface area contributed by atoms with Gasteiger partial charge in [-0.05, 0) is 6.42 Å². The van der Waals surface area contributed by atoms with Crippen LogP contribution < -0.4 is 5.32 Å². The summed E-state index contributed by atoms with van der Waals surface area (Å²) in [4.78, 5) is 0. The Morgan fingerprint density at radius 1 is 1.56 bits per heavy atom. The molecule has 6 heteroatoms. The third kappa shape index (κ3) is 3.57. The molecule has 0 radical (unpaired) electrons. The van der Waals surface area contributed by atoms with E-state index in [0.29, 0.717) is 12.3 Å². The van der Waals surface area contributed by atoms with Gasteiger partial charge < -0.3 is 5.32 Å². The van der Waals surface area contributed by atoms with Crippen LogP contribution in [-0.4, -0.2) is 32.5 Å². The molecule has 0 aromatic carbocycles. The van der Waals surface area contributed by atoms with Gasteiger partial charge in [0.15, 0.2) is 0 Å². The number of nitrogens with one attached hydrogen (secondary N) is 1. The summed E-state index contributed by atoms with van der Waals surface area (Å²) in [6, 6.07) is 0. The quantitative estimate of drug-likeness (QED) is 0.782. The molecule has 4 nitrogen and oxygen atoms in total. The van der Waals surface area contributed by atoms with Crippen LogP contribution in [-0.2, 0) is 30.8 Å². The summed E-state index contributed by atoms with van der Waals surface area (Å²) in [5, 5.41) is 8.29. The lowest BCUT2D eigenvalue weighted by atomic mass is 10.3. The van der Waals surface area contributed by atoms with Gasteiger partial charge in [0.1, 0.15) is 0 Å². The minimum absolute atomic E-state index is 0.663. The molecule has 1 heterocycles. The maximum atomic E-state index is 10.9. The van der Waals surface area contributed by atoms with Crippen LogP contribution in [0.3, 0.4) is 0 Å². The first kappa shape index (κ1) is 13.7. The number of rotatable bonds is 6. The van der Waals surface area contributed by atoms with Gasteiger partial charge in [-0.15, -0.1) is 0 Å². The van der Waals surface area contributed by atoms with Crippen LogP contribution in [0.25, 0.3) is 0 Å². The van der Waals surface area contributed by atoms with Crippen molar-refractivity contribution in [3.8, 4) is 0 Å². The molecule has 92 valence electrons. The van der Waals surface area contributed by atoms with Crippen molar-refractivity contribution in [2.45, 2.75) is 19.9 Å². The zero-order valence-corrected chi connectivity index (χ0v) is 11.5. The molecule has 16 heavy (non-hydrogen) atoms. The van der Waals surface area contributed by atoms with Crippen molar-refractivity contribution < 1.29 is 4.21 Å². The molecule has 1 N–H and O–H groups in total. The third-order valence-corrected chi connectivity index (χ3v) is 3.58. The fraction of sp³-hybridized carbons (Fsp3) is 0.700. The van der Waals surface area contributed by atoms with E-state index in [1.54, 1.807) is 10.9 Å². The number of halogens is 1. The van der Waals surface area contributed by atoms with Crippen molar-refractivity contribution >= 4 is 22.4 Å². The molecule has 0 aliphatic heterocycles. The molecule has 0 aliphatic rings. The number of hydrogen-bond donors (Lipinski definition) is 1. The summed E-state index contributed by atoms with van der Waals surface area (Å²) in [7, 11) is 1.14. The number of hydrogen-bond acceptors (Lipinski definition) is 3. The number of aryl methyl sites for hydroxylation is 2. The van der Waals surface area contributed by atoms with E-state index in [9.17, 15) is 4.21 Å². The summed E-state index contributed by atoms with van der Waals surface area (Å²) in [5.74, 6) is 0.663. The molecule has 1 unspecified atom stereocenters. The second-order valence-corrected chi connectivity index (χ2v) is 5.57. The van der Waals surface area contributed by atoms with Gasteiger partial charge in [0, 0.05) is 42.9 Å². The fourth-order valence-electron chi connectivity index (χ4n) is 1.43. The lowest BCUT2D eigenvalue weighted by molar-refractivity contribution is 0.636. The van der Waals surface area contributed by atoms with Crippen LogP contribution in [0.5, 0.6) is 0 Å². The minimum Gasteiger partial charge on any atom is -0.310 e. The maximum absolute atomic E-state index is 10.9. The number of aromatic nitrogens is 2. The van der Waals surface area contributed by atoms with E-state index in [2.05, 4.69) is 10.4 Å². The fourth-order valence-corrected chi connectivity index (χ4v) is 2.23. The average Bonchev–Trinajstić information content (AvgIpc) is 2.50. The largest absolute Gasteiger partial charge is 0.310 e. The molecule has 0 aliphatic carbocycles. The highest BCUT2D eigenvalue weighted by atomic mass is 35.5. The monoisotopic (exact) mass is 263 g/mol. The molecule has 0 bridgehead atoms. The second kappa shape index (κ2) is 6.37. The summed E-state index contributed by atoms with van der Waals surface area (Å²) >= 11 is 6.19. The third-order valence-electron chi connectivity index (χ3n) is 2.36. The van der Waals surface area contributed by atoms with E-state index in [1.165, 1.54) is 0 Å². The Hall–Kier alpha value is -0.390. The van der Waals surface area contributed by atoms with Gasteiger partial charge in [0.25, 0.3) is 0 Å². The van der Waals surface area contributed by atoms with Gasteiger partial charge in [0.05, 0.1) is 16.4 Å². The van der Waals surface area contributed by atoms with Crippen LogP contribution in [0.15, 0.2) is 0 Å². The van der Waals surface area contributed by atoms with Crippen molar-refractivity contribution in [2.24, 2.45) is 7.05 Å². The van der Waals surface area contributed by atoms with Crippen molar-refractivity contribution in [3.05, 3.63) is 16.4 Å². The maximum Gasteiger partial charge on any atom is 0.0863 e. The second-order valence-electron chi connectivity index (χ2n) is 3.64. The van der Waals surface area contributed by atoms with Crippen molar-refractivity contribution in [3.63, 3.8) is 0 Å². The predicted molar refractivity (Wildman–Crippen MR) is 68.2 cm³/mol. The minimum atomic E-state index is -0.748. The lowest BCUT2D eigenvalue weighted by Crippen LogP contribution is -2.21. The molecule has 0 saturated carbocycles. The first-order valence-electron chi connectivity index (χ1n) is 5.27. The molecule has 0 spiro atoms. The average molecular weight is 264 g/mol. The smallest absolute Gasteiger partial charge is 0.0863 e. The van der Waals surface area contributed by atoms with E-state index in [1.807, 2.05) is 14.0 Å². The van der Waals surface area contributed by atoms with Gasteiger partial charge in [-0.25, -0.2) is 0 Å². The van der Waals surface area contributed by atoms with Crippen LogP contribution in [0.4, 0.5) is 0 Å². The van der Waals surface area contributed by atoms with E-state index in [4.69, 9.17) is 11.6 Å². The van der Waals surface area contributed by atoms with E-state index < -0.39 is 10.8 Å². The first-order chi connectivity index (χ1) is 7.56.